The maximum Gasteiger partial charge on any atom is 0.0632 e. The molecule has 90 valence electrons. The third kappa shape index (κ3) is 1.88. The first-order valence-electron chi connectivity index (χ1n) is 6.18. The first-order valence-corrected chi connectivity index (χ1v) is 6.18. The molecular formula is C13H23N3. The molecule has 1 unspecified atom stereocenters. The minimum Gasteiger partial charge on any atom is -0.316 e. The largest absolute Gasteiger partial charge is 0.316 e. The molecule has 16 heavy (non-hydrogen) atoms. The lowest BCUT2D eigenvalue weighted by Crippen LogP contribution is -2.24. The smallest absolute Gasteiger partial charge is 0.0632 e. The van der Waals surface area contributed by atoms with E-state index in [0.29, 0.717) is 5.92 Å². The summed E-state index contributed by atoms with van der Waals surface area (Å²) in [7, 11) is 0. The topological polar surface area (TPSA) is 29.9 Å². The van der Waals surface area contributed by atoms with Crippen LogP contribution in [0.5, 0.6) is 0 Å². The Morgan fingerprint density at radius 1 is 1.31 bits per heavy atom. The van der Waals surface area contributed by atoms with Crippen molar-refractivity contribution in [3.8, 4) is 0 Å². The Morgan fingerprint density at radius 2 is 2.00 bits per heavy atom. The van der Waals surface area contributed by atoms with Crippen molar-refractivity contribution in [3.05, 3.63) is 17.0 Å². The van der Waals surface area contributed by atoms with Gasteiger partial charge in [0.2, 0.25) is 0 Å². The third-order valence-corrected chi connectivity index (χ3v) is 3.45. The van der Waals surface area contributed by atoms with Crippen LogP contribution in [0.1, 0.15) is 50.1 Å². The fraction of sp³-hybridized carbons (Fsp3) is 0.769. The van der Waals surface area contributed by atoms with E-state index < -0.39 is 0 Å². The van der Waals surface area contributed by atoms with E-state index in [-0.39, 0.29) is 5.54 Å². The highest BCUT2D eigenvalue weighted by Crippen LogP contribution is 2.30. The number of aromatic nitrogens is 2. The van der Waals surface area contributed by atoms with Crippen molar-refractivity contribution < 1.29 is 0 Å². The molecule has 0 aliphatic carbocycles. The summed E-state index contributed by atoms with van der Waals surface area (Å²) in [6, 6.07) is 0. The van der Waals surface area contributed by atoms with E-state index in [2.05, 4.69) is 44.6 Å². The van der Waals surface area contributed by atoms with Crippen LogP contribution in [0.3, 0.4) is 0 Å². The van der Waals surface area contributed by atoms with Crippen LogP contribution in [-0.4, -0.2) is 22.9 Å². The molecule has 0 radical (unpaired) electrons. The molecule has 1 aliphatic heterocycles. The third-order valence-electron chi connectivity index (χ3n) is 3.45. The Morgan fingerprint density at radius 3 is 2.44 bits per heavy atom. The summed E-state index contributed by atoms with van der Waals surface area (Å²) in [5.74, 6) is 0.663. The van der Waals surface area contributed by atoms with Gasteiger partial charge >= 0.3 is 0 Å². The second-order valence-electron chi connectivity index (χ2n) is 5.86. The molecule has 0 spiro atoms. The molecule has 2 heterocycles. The lowest BCUT2D eigenvalue weighted by Gasteiger charge is -2.22. The van der Waals surface area contributed by atoms with Crippen LogP contribution >= 0.6 is 0 Å². The molecule has 1 aromatic rings. The van der Waals surface area contributed by atoms with Gasteiger partial charge in [-0.25, -0.2) is 0 Å². The summed E-state index contributed by atoms with van der Waals surface area (Å²) in [5, 5.41) is 8.15. The summed E-state index contributed by atoms with van der Waals surface area (Å²) in [6.45, 7) is 13.2. The SMILES string of the molecule is Cc1nn(C(C)(C)C)c(C)c1C1CCNC1. The quantitative estimate of drug-likeness (QED) is 0.789. The van der Waals surface area contributed by atoms with Gasteiger partial charge in [0.25, 0.3) is 0 Å². The molecule has 3 nitrogen and oxygen atoms in total. The molecule has 0 amide bonds. The van der Waals surface area contributed by atoms with Gasteiger partial charge in [0.15, 0.2) is 0 Å². The Bertz CT molecular complexity index is 379. The van der Waals surface area contributed by atoms with E-state index in [1.807, 2.05) is 0 Å². The van der Waals surface area contributed by atoms with Gasteiger partial charge in [-0.3, -0.25) is 4.68 Å². The first kappa shape index (κ1) is 11.6. The Kier molecular flexibility index (Phi) is 2.82. The highest BCUT2D eigenvalue weighted by atomic mass is 15.3. The summed E-state index contributed by atoms with van der Waals surface area (Å²) in [4.78, 5) is 0. The molecule has 1 saturated heterocycles. The normalized spacial score (nSPS) is 21.7. The maximum absolute atomic E-state index is 4.71. The predicted octanol–water partition coefficient (Wildman–Crippen LogP) is 2.33. The molecule has 1 aromatic heterocycles. The lowest BCUT2D eigenvalue weighted by atomic mass is 9.96. The predicted molar refractivity (Wildman–Crippen MR) is 66.9 cm³/mol. The number of hydrogen-bond acceptors (Lipinski definition) is 2. The van der Waals surface area contributed by atoms with Gasteiger partial charge in [-0.05, 0) is 47.6 Å². The molecule has 0 aromatic carbocycles. The van der Waals surface area contributed by atoms with Crippen LogP contribution in [0.15, 0.2) is 0 Å². The van der Waals surface area contributed by atoms with Crippen molar-refractivity contribution in [2.75, 3.05) is 13.1 Å². The summed E-state index contributed by atoms with van der Waals surface area (Å²) in [5.41, 5.74) is 4.11. The van der Waals surface area contributed by atoms with Crippen molar-refractivity contribution in [2.45, 2.75) is 52.5 Å². The number of aryl methyl sites for hydroxylation is 1. The van der Waals surface area contributed by atoms with Gasteiger partial charge in [-0.2, -0.15) is 5.10 Å². The monoisotopic (exact) mass is 221 g/mol. The molecule has 1 fully saturated rings. The molecule has 1 aliphatic rings. The van der Waals surface area contributed by atoms with E-state index in [1.165, 1.54) is 23.4 Å². The van der Waals surface area contributed by atoms with Crippen molar-refractivity contribution >= 4 is 0 Å². The number of rotatable bonds is 1. The van der Waals surface area contributed by atoms with Gasteiger partial charge in [-0.15, -0.1) is 0 Å². The van der Waals surface area contributed by atoms with Crippen molar-refractivity contribution in [2.24, 2.45) is 0 Å². The maximum atomic E-state index is 4.71. The van der Waals surface area contributed by atoms with Crippen molar-refractivity contribution in [3.63, 3.8) is 0 Å². The molecule has 1 atom stereocenters. The summed E-state index contributed by atoms with van der Waals surface area (Å²) < 4.78 is 2.18. The highest BCUT2D eigenvalue weighted by Gasteiger charge is 2.27. The van der Waals surface area contributed by atoms with E-state index in [4.69, 9.17) is 5.10 Å². The fourth-order valence-electron chi connectivity index (χ4n) is 2.80. The van der Waals surface area contributed by atoms with Crippen LogP contribution in [0, 0.1) is 13.8 Å². The van der Waals surface area contributed by atoms with Crippen LogP contribution in [0.25, 0.3) is 0 Å². The van der Waals surface area contributed by atoms with Crippen molar-refractivity contribution in [1.82, 2.24) is 15.1 Å². The first-order chi connectivity index (χ1) is 7.41. The Hall–Kier alpha value is -0.830. The van der Waals surface area contributed by atoms with Crippen LogP contribution < -0.4 is 5.32 Å². The van der Waals surface area contributed by atoms with Gasteiger partial charge in [0, 0.05) is 23.7 Å². The van der Waals surface area contributed by atoms with Gasteiger partial charge in [0.05, 0.1) is 11.2 Å². The molecule has 0 saturated carbocycles. The van der Waals surface area contributed by atoms with Crippen LogP contribution in [0.2, 0.25) is 0 Å². The second-order valence-corrected chi connectivity index (χ2v) is 5.86. The lowest BCUT2D eigenvalue weighted by molar-refractivity contribution is 0.346. The van der Waals surface area contributed by atoms with Crippen molar-refractivity contribution in [1.29, 1.82) is 0 Å². The average molecular weight is 221 g/mol. The molecule has 2 rings (SSSR count). The summed E-state index contributed by atoms with van der Waals surface area (Å²) >= 11 is 0. The van der Waals surface area contributed by atoms with E-state index in [1.54, 1.807) is 0 Å². The van der Waals surface area contributed by atoms with Crippen LogP contribution in [0.4, 0.5) is 0 Å². The van der Waals surface area contributed by atoms with Crippen LogP contribution in [-0.2, 0) is 5.54 Å². The average Bonchev–Trinajstić information content (AvgIpc) is 2.72. The molecule has 3 heteroatoms. The highest BCUT2D eigenvalue weighted by molar-refractivity contribution is 5.30. The summed E-state index contributed by atoms with van der Waals surface area (Å²) in [6.07, 6.45) is 1.25. The zero-order valence-corrected chi connectivity index (χ0v) is 11.1. The standard InChI is InChI=1S/C13H23N3/c1-9-12(11-6-7-14-8-11)10(2)16(15-9)13(3,4)5/h11,14H,6-8H2,1-5H3. The van der Waals surface area contributed by atoms with E-state index >= 15 is 0 Å². The molecule has 1 N–H and O–H groups in total. The molecular weight excluding hydrogens is 198 g/mol. The zero-order valence-electron chi connectivity index (χ0n) is 11.1. The van der Waals surface area contributed by atoms with Gasteiger partial charge < -0.3 is 5.32 Å². The van der Waals surface area contributed by atoms with Gasteiger partial charge in [0.1, 0.15) is 0 Å². The fourth-order valence-corrected chi connectivity index (χ4v) is 2.80. The van der Waals surface area contributed by atoms with E-state index in [0.717, 1.165) is 13.1 Å². The molecule has 0 bridgehead atoms. The second kappa shape index (κ2) is 3.88. The Labute approximate surface area is 98.2 Å². The van der Waals surface area contributed by atoms with Gasteiger partial charge in [-0.1, -0.05) is 0 Å². The Balaban J connectivity index is 2.42. The minimum absolute atomic E-state index is 0.0825. The number of hydrogen-bond donors (Lipinski definition) is 1. The number of nitrogens with one attached hydrogen (secondary N) is 1. The minimum atomic E-state index is 0.0825. The zero-order chi connectivity index (χ0) is 11.9. The number of nitrogens with zero attached hydrogens (tertiary/aromatic N) is 2. The van der Waals surface area contributed by atoms with E-state index in [9.17, 15) is 0 Å².